The summed E-state index contributed by atoms with van der Waals surface area (Å²) in [5.41, 5.74) is 0.984. The van der Waals surface area contributed by atoms with Gasteiger partial charge in [0, 0.05) is 44.5 Å². The minimum absolute atomic E-state index is 0.160. The van der Waals surface area contributed by atoms with Gasteiger partial charge in [0.1, 0.15) is 0 Å². The maximum absolute atomic E-state index is 12.4. The van der Waals surface area contributed by atoms with Crippen LogP contribution in [0.3, 0.4) is 0 Å². The molecule has 0 saturated carbocycles. The van der Waals surface area contributed by atoms with Gasteiger partial charge in [0.15, 0.2) is 0 Å². The number of nitrogens with zero attached hydrogens (tertiary/aromatic N) is 4. The van der Waals surface area contributed by atoms with Gasteiger partial charge in [-0.15, -0.1) is 0 Å². The van der Waals surface area contributed by atoms with E-state index in [2.05, 4.69) is 21.8 Å². The number of rotatable bonds is 5. The van der Waals surface area contributed by atoms with Crippen LogP contribution in [0, 0.1) is 12.8 Å². The Morgan fingerprint density at radius 3 is 2.76 bits per heavy atom. The Balaban J connectivity index is 1.87. The molecule has 1 aliphatic rings. The van der Waals surface area contributed by atoms with Crippen LogP contribution in [0.25, 0.3) is 0 Å². The maximum Gasteiger partial charge on any atom is 0.225 e. The Labute approximate surface area is 127 Å². The van der Waals surface area contributed by atoms with E-state index in [-0.39, 0.29) is 5.92 Å². The van der Waals surface area contributed by atoms with E-state index >= 15 is 0 Å². The molecule has 0 bridgehead atoms. The normalized spacial score (nSPS) is 16.0. The average molecular weight is 290 g/mol. The van der Waals surface area contributed by atoms with Crippen molar-refractivity contribution >= 4 is 11.9 Å². The van der Waals surface area contributed by atoms with Gasteiger partial charge >= 0.3 is 0 Å². The highest BCUT2D eigenvalue weighted by Gasteiger charge is 2.27. The molecule has 0 aromatic carbocycles. The van der Waals surface area contributed by atoms with Gasteiger partial charge < -0.3 is 9.80 Å². The molecule has 0 unspecified atom stereocenters. The van der Waals surface area contributed by atoms with E-state index < -0.39 is 0 Å². The first-order chi connectivity index (χ1) is 10.1. The standard InChI is InChI=1S/C16H26N4O/c1-4-5-10-19(3)15(21)14-7-11-20(12-8-14)16-17-9-6-13(2)18-16/h6,9,14H,4-5,7-8,10-12H2,1-3H3. The van der Waals surface area contributed by atoms with Crippen LogP contribution >= 0.6 is 0 Å². The molecule has 1 fully saturated rings. The zero-order chi connectivity index (χ0) is 15.2. The topological polar surface area (TPSA) is 49.3 Å². The van der Waals surface area contributed by atoms with Gasteiger partial charge in [-0.05, 0) is 32.3 Å². The average Bonchev–Trinajstić information content (AvgIpc) is 2.52. The van der Waals surface area contributed by atoms with Crippen LogP contribution in [-0.2, 0) is 4.79 Å². The van der Waals surface area contributed by atoms with Crippen LogP contribution in [0.1, 0.15) is 38.3 Å². The lowest BCUT2D eigenvalue weighted by Gasteiger charge is -2.33. The summed E-state index contributed by atoms with van der Waals surface area (Å²) in [4.78, 5) is 25.2. The molecule has 0 radical (unpaired) electrons. The Morgan fingerprint density at radius 1 is 1.43 bits per heavy atom. The molecule has 1 amide bonds. The van der Waals surface area contributed by atoms with Crippen molar-refractivity contribution in [2.75, 3.05) is 31.6 Å². The summed E-state index contributed by atoms with van der Waals surface area (Å²) in [6, 6.07) is 1.91. The Bertz CT molecular complexity index is 469. The SMILES string of the molecule is CCCCN(C)C(=O)C1CCN(c2nccc(C)n2)CC1. The number of aromatic nitrogens is 2. The molecule has 0 spiro atoms. The lowest BCUT2D eigenvalue weighted by atomic mass is 9.95. The number of piperidine rings is 1. The fourth-order valence-electron chi connectivity index (χ4n) is 2.73. The van der Waals surface area contributed by atoms with Crippen molar-refractivity contribution in [3.8, 4) is 0 Å². The van der Waals surface area contributed by atoms with Crippen molar-refractivity contribution < 1.29 is 4.79 Å². The third-order valence-electron chi connectivity index (χ3n) is 4.13. The van der Waals surface area contributed by atoms with Crippen LogP contribution in [0.2, 0.25) is 0 Å². The van der Waals surface area contributed by atoms with E-state index in [0.29, 0.717) is 5.91 Å². The predicted octanol–water partition coefficient (Wildman–Crippen LogP) is 2.26. The van der Waals surface area contributed by atoms with E-state index in [1.54, 1.807) is 6.20 Å². The minimum atomic E-state index is 0.160. The lowest BCUT2D eigenvalue weighted by molar-refractivity contribution is -0.134. The largest absolute Gasteiger partial charge is 0.346 e. The third-order valence-corrected chi connectivity index (χ3v) is 4.13. The van der Waals surface area contributed by atoms with E-state index in [9.17, 15) is 4.79 Å². The fraction of sp³-hybridized carbons (Fsp3) is 0.688. The third kappa shape index (κ3) is 4.16. The van der Waals surface area contributed by atoms with Crippen molar-refractivity contribution in [2.45, 2.75) is 39.5 Å². The highest BCUT2D eigenvalue weighted by molar-refractivity contribution is 5.78. The first-order valence-electron chi connectivity index (χ1n) is 7.91. The Hall–Kier alpha value is -1.65. The second-order valence-electron chi connectivity index (χ2n) is 5.87. The molecule has 5 heteroatoms. The summed E-state index contributed by atoms with van der Waals surface area (Å²) in [6.07, 6.45) is 5.80. The van der Waals surface area contributed by atoms with Gasteiger partial charge in [-0.3, -0.25) is 4.79 Å². The summed E-state index contributed by atoms with van der Waals surface area (Å²) >= 11 is 0. The molecule has 1 saturated heterocycles. The van der Waals surface area contributed by atoms with E-state index in [0.717, 1.165) is 57.0 Å². The second-order valence-corrected chi connectivity index (χ2v) is 5.87. The minimum Gasteiger partial charge on any atom is -0.346 e. The molecule has 1 aliphatic heterocycles. The van der Waals surface area contributed by atoms with E-state index in [4.69, 9.17) is 0 Å². The van der Waals surface area contributed by atoms with Crippen LogP contribution in [0.5, 0.6) is 0 Å². The van der Waals surface area contributed by atoms with E-state index in [1.807, 2.05) is 24.9 Å². The van der Waals surface area contributed by atoms with E-state index in [1.165, 1.54) is 0 Å². The van der Waals surface area contributed by atoms with Crippen molar-refractivity contribution in [2.24, 2.45) is 5.92 Å². The smallest absolute Gasteiger partial charge is 0.225 e. The summed E-state index contributed by atoms with van der Waals surface area (Å²) in [5, 5.41) is 0. The molecule has 0 N–H and O–H groups in total. The molecule has 5 nitrogen and oxygen atoms in total. The van der Waals surface area contributed by atoms with Crippen LogP contribution in [0.15, 0.2) is 12.3 Å². The number of aryl methyl sites for hydroxylation is 1. The first kappa shape index (κ1) is 15.7. The van der Waals surface area contributed by atoms with Gasteiger partial charge in [-0.25, -0.2) is 9.97 Å². The highest BCUT2D eigenvalue weighted by Crippen LogP contribution is 2.22. The highest BCUT2D eigenvalue weighted by atomic mass is 16.2. The Kier molecular flexibility index (Phi) is 5.53. The molecule has 1 aromatic rings. The number of amides is 1. The fourth-order valence-corrected chi connectivity index (χ4v) is 2.73. The molecule has 2 heterocycles. The molecule has 2 rings (SSSR count). The molecule has 21 heavy (non-hydrogen) atoms. The van der Waals surface area contributed by atoms with Crippen molar-refractivity contribution in [1.82, 2.24) is 14.9 Å². The van der Waals surface area contributed by atoms with Crippen LogP contribution in [0.4, 0.5) is 5.95 Å². The summed E-state index contributed by atoms with van der Waals surface area (Å²) in [7, 11) is 1.92. The quantitative estimate of drug-likeness (QED) is 0.834. The van der Waals surface area contributed by atoms with Gasteiger partial charge in [0.2, 0.25) is 11.9 Å². The van der Waals surface area contributed by atoms with Gasteiger partial charge in [0.05, 0.1) is 0 Å². The number of hydrogen-bond donors (Lipinski definition) is 0. The zero-order valence-corrected chi connectivity index (χ0v) is 13.4. The van der Waals surface area contributed by atoms with Crippen molar-refractivity contribution in [3.05, 3.63) is 18.0 Å². The number of carbonyl (C=O) groups is 1. The summed E-state index contributed by atoms with van der Waals surface area (Å²) < 4.78 is 0. The molecule has 0 atom stereocenters. The monoisotopic (exact) mass is 290 g/mol. The van der Waals surface area contributed by atoms with Crippen molar-refractivity contribution in [3.63, 3.8) is 0 Å². The molecule has 0 aliphatic carbocycles. The molecule has 116 valence electrons. The zero-order valence-electron chi connectivity index (χ0n) is 13.4. The second kappa shape index (κ2) is 7.38. The first-order valence-corrected chi connectivity index (χ1v) is 7.91. The number of carbonyl (C=O) groups excluding carboxylic acids is 1. The van der Waals surface area contributed by atoms with Gasteiger partial charge in [-0.2, -0.15) is 0 Å². The molecule has 1 aromatic heterocycles. The molecular formula is C16H26N4O. The van der Waals surface area contributed by atoms with Crippen LogP contribution in [-0.4, -0.2) is 47.5 Å². The number of anilines is 1. The maximum atomic E-state index is 12.4. The number of unbranched alkanes of at least 4 members (excludes halogenated alkanes) is 1. The Morgan fingerprint density at radius 2 is 2.14 bits per heavy atom. The van der Waals surface area contributed by atoms with Crippen LogP contribution < -0.4 is 4.90 Å². The number of hydrogen-bond acceptors (Lipinski definition) is 4. The predicted molar refractivity (Wildman–Crippen MR) is 84.3 cm³/mol. The van der Waals surface area contributed by atoms with Gasteiger partial charge in [-0.1, -0.05) is 13.3 Å². The van der Waals surface area contributed by atoms with Gasteiger partial charge in [0.25, 0.3) is 0 Å². The summed E-state index contributed by atoms with van der Waals surface area (Å²) in [6.45, 7) is 6.72. The lowest BCUT2D eigenvalue weighted by Crippen LogP contribution is -2.42. The molecular weight excluding hydrogens is 264 g/mol. The summed E-state index contributed by atoms with van der Waals surface area (Å²) in [5.74, 6) is 1.25. The van der Waals surface area contributed by atoms with Crippen molar-refractivity contribution in [1.29, 1.82) is 0 Å².